The summed E-state index contributed by atoms with van der Waals surface area (Å²) in [5.74, 6) is 0.0459. The van der Waals surface area contributed by atoms with E-state index < -0.39 is 9.84 Å². The third kappa shape index (κ3) is 8.97. The Hall–Kier alpha value is -3.17. The first-order valence-corrected chi connectivity index (χ1v) is 18.5. The van der Waals surface area contributed by atoms with Crippen LogP contribution in [0.3, 0.4) is 0 Å². The molecule has 2 aromatic rings. The summed E-state index contributed by atoms with van der Waals surface area (Å²) in [6.45, 7) is 17.9. The molecule has 0 atom stereocenters. The molecule has 2 aliphatic rings. The number of allylic oxidation sites excluding steroid dienone is 10. The highest BCUT2D eigenvalue weighted by molar-refractivity contribution is 7.91. The minimum atomic E-state index is -3.32. The first-order chi connectivity index (χ1) is 21.2. The van der Waals surface area contributed by atoms with Crippen LogP contribution in [0.15, 0.2) is 118 Å². The van der Waals surface area contributed by atoms with Crippen molar-refractivity contribution in [2.75, 3.05) is 11.5 Å². The third-order valence-corrected chi connectivity index (χ3v) is 11.0. The van der Waals surface area contributed by atoms with Gasteiger partial charge in [-0.3, -0.25) is 0 Å². The summed E-state index contributed by atoms with van der Waals surface area (Å²) in [7, 11) is -3.32. The van der Waals surface area contributed by atoms with Gasteiger partial charge in [0.1, 0.15) is 0 Å². The smallest absolute Gasteiger partial charge is 0.157 e. The lowest BCUT2D eigenvalue weighted by atomic mass is 9.68. The molecule has 0 unspecified atom stereocenters. The predicted octanol–water partition coefficient (Wildman–Crippen LogP) is 11.5. The van der Waals surface area contributed by atoms with Gasteiger partial charge in [0.2, 0.25) is 0 Å². The Balaban J connectivity index is 1.61. The fourth-order valence-electron chi connectivity index (χ4n) is 7.43. The van der Waals surface area contributed by atoms with Gasteiger partial charge in [-0.2, -0.15) is 0 Å². The van der Waals surface area contributed by atoms with E-state index in [1.807, 2.05) is 38.1 Å². The van der Waals surface area contributed by atoms with Crippen LogP contribution in [0, 0.1) is 10.8 Å². The van der Waals surface area contributed by atoms with E-state index in [2.05, 4.69) is 102 Å². The topological polar surface area (TPSA) is 34.1 Å². The molecule has 0 spiro atoms. The van der Waals surface area contributed by atoms with Gasteiger partial charge in [0.25, 0.3) is 0 Å². The molecule has 0 heterocycles. The van der Waals surface area contributed by atoms with Crippen molar-refractivity contribution in [3.05, 3.63) is 130 Å². The van der Waals surface area contributed by atoms with Gasteiger partial charge in [-0.15, -0.1) is 0 Å². The highest BCUT2D eigenvalue weighted by Gasteiger charge is 2.32. The van der Waals surface area contributed by atoms with Crippen LogP contribution >= 0.6 is 0 Å². The summed E-state index contributed by atoms with van der Waals surface area (Å²) in [5, 5.41) is 0. The van der Waals surface area contributed by atoms with Crippen LogP contribution in [-0.2, 0) is 9.84 Å². The van der Waals surface area contributed by atoms with E-state index in [1.54, 1.807) is 0 Å². The maximum atomic E-state index is 13.3. The molecule has 0 saturated heterocycles. The fraction of sp³-hybridized carbons (Fsp3) is 0.429. The lowest BCUT2D eigenvalue weighted by Crippen LogP contribution is -2.21. The summed E-state index contributed by atoms with van der Waals surface area (Å²) >= 11 is 0. The van der Waals surface area contributed by atoms with E-state index in [0.29, 0.717) is 0 Å². The van der Waals surface area contributed by atoms with Gasteiger partial charge < -0.3 is 0 Å². The summed E-state index contributed by atoms with van der Waals surface area (Å²) in [4.78, 5) is 0. The SMILES string of the molecule is CC(=CCS(=O)(=O)CC=C(C)C=C(C1=C(C)CCCC1(C)C)c1ccccc1)C=C(C1=C(C)CCCC1(C)C)c1ccccc1. The number of rotatable bonds is 10. The van der Waals surface area contributed by atoms with Crippen LogP contribution in [-0.4, -0.2) is 19.9 Å². The molecule has 240 valence electrons. The Kier molecular flexibility index (Phi) is 11.2. The van der Waals surface area contributed by atoms with Crippen molar-refractivity contribution in [3.8, 4) is 0 Å². The Labute approximate surface area is 274 Å². The molecule has 0 saturated carbocycles. The van der Waals surface area contributed by atoms with E-state index in [-0.39, 0.29) is 22.3 Å². The zero-order valence-corrected chi connectivity index (χ0v) is 29.8. The average molecular weight is 623 g/mol. The largest absolute Gasteiger partial charge is 0.228 e. The second kappa shape index (κ2) is 14.5. The summed E-state index contributed by atoms with van der Waals surface area (Å²) in [6, 6.07) is 21.1. The van der Waals surface area contributed by atoms with Gasteiger partial charge in [0, 0.05) is 0 Å². The Morgan fingerprint density at radius 1 is 0.644 bits per heavy atom. The van der Waals surface area contributed by atoms with Crippen LogP contribution in [0.4, 0.5) is 0 Å². The predicted molar refractivity (Wildman–Crippen MR) is 196 cm³/mol. The standard InChI is InChI=1S/C42H54O2S/c1-31(29-37(35-19-11-9-12-20-35)39-33(3)17-15-25-41(39,5)6)23-27-45(43,44)28-24-32(2)30-38(36-21-13-10-14-22-36)40-34(4)18-16-26-42(40,7)8/h9-14,19-24,29-30H,15-18,25-28H2,1-8H3. The first kappa shape index (κ1) is 34.7. The monoisotopic (exact) mass is 622 g/mol. The van der Waals surface area contributed by atoms with Crippen LogP contribution in [0.2, 0.25) is 0 Å². The van der Waals surface area contributed by atoms with Crippen molar-refractivity contribution in [3.63, 3.8) is 0 Å². The molecule has 0 amide bonds. The van der Waals surface area contributed by atoms with Crippen molar-refractivity contribution in [1.82, 2.24) is 0 Å². The van der Waals surface area contributed by atoms with Crippen LogP contribution < -0.4 is 0 Å². The molecular weight excluding hydrogens is 569 g/mol. The van der Waals surface area contributed by atoms with E-state index in [0.717, 1.165) is 36.8 Å². The normalized spacial score (nSPS) is 20.1. The maximum Gasteiger partial charge on any atom is 0.157 e. The first-order valence-electron chi connectivity index (χ1n) is 16.7. The van der Waals surface area contributed by atoms with E-state index >= 15 is 0 Å². The molecule has 4 rings (SSSR count). The summed E-state index contributed by atoms with van der Waals surface area (Å²) in [6.07, 6.45) is 15.1. The Bertz CT molecular complexity index is 1530. The molecule has 2 aliphatic carbocycles. The minimum Gasteiger partial charge on any atom is -0.228 e. The lowest BCUT2D eigenvalue weighted by molar-refractivity contribution is 0.379. The molecule has 0 aromatic heterocycles. The van der Waals surface area contributed by atoms with Gasteiger partial charge in [-0.25, -0.2) is 8.42 Å². The maximum absolute atomic E-state index is 13.3. The molecule has 3 heteroatoms. The summed E-state index contributed by atoms with van der Waals surface area (Å²) in [5.41, 5.74) is 12.6. The molecule has 0 radical (unpaired) electrons. The Morgan fingerprint density at radius 2 is 1.00 bits per heavy atom. The molecule has 0 fully saturated rings. The molecule has 0 bridgehead atoms. The van der Waals surface area contributed by atoms with Crippen molar-refractivity contribution < 1.29 is 8.42 Å². The van der Waals surface area contributed by atoms with Crippen LogP contribution in [0.5, 0.6) is 0 Å². The molecule has 0 aliphatic heterocycles. The highest BCUT2D eigenvalue weighted by atomic mass is 32.2. The average Bonchev–Trinajstić information content (AvgIpc) is 2.98. The van der Waals surface area contributed by atoms with Gasteiger partial charge in [0.05, 0.1) is 11.5 Å². The van der Waals surface area contributed by atoms with Gasteiger partial charge in [0.15, 0.2) is 9.84 Å². The molecule has 2 aromatic carbocycles. The zero-order chi connectivity index (χ0) is 32.8. The fourth-order valence-corrected chi connectivity index (χ4v) is 8.60. The van der Waals surface area contributed by atoms with Gasteiger partial charge in [-0.05, 0) is 110 Å². The molecule has 2 nitrogen and oxygen atoms in total. The van der Waals surface area contributed by atoms with Crippen molar-refractivity contribution >= 4 is 21.0 Å². The molecular formula is C42H54O2S. The number of benzene rings is 2. The molecule has 45 heavy (non-hydrogen) atoms. The van der Waals surface area contributed by atoms with E-state index in [9.17, 15) is 8.42 Å². The second-order valence-corrected chi connectivity index (χ2v) is 16.8. The van der Waals surface area contributed by atoms with E-state index in [1.165, 1.54) is 57.4 Å². The Morgan fingerprint density at radius 3 is 1.33 bits per heavy atom. The van der Waals surface area contributed by atoms with Crippen molar-refractivity contribution in [1.29, 1.82) is 0 Å². The van der Waals surface area contributed by atoms with Crippen LogP contribution in [0.25, 0.3) is 11.1 Å². The molecule has 0 N–H and O–H groups in total. The van der Waals surface area contributed by atoms with Crippen LogP contribution in [0.1, 0.15) is 105 Å². The number of sulfone groups is 1. The highest BCUT2D eigenvalue weighted by Crippen LogP contribution is 2.48. The zero-order valence-electron chi connectivity index (χ0n) is 29.0. The van der Waals surface area contributed by atoms with Crippen molar-refractivity contribution in [2.24, 2.45) is 10.8 Å². The van der Waals surface area contributed by atoms with Crippen molar-refractivity contribution in [2.45, 2.75) is 93.9 Å². The quantitative estimate of drug-likeness (QED) is 0.247. The number of hydrogen-bond donors (Lipinski definition) is 0. The minimum absolute atomic E-state index is 0.0230. The van der Waals surface area contributed by atoms with Gasteiger partial charge >= 0.3 is 0 Å². The number of hydrogen-bond acceptors (Lipinski definition) is 2. The summed E-state index contributed by atoms with van der Waals surface area (Å²) < 4.78 is 26.6. The van der Waals surface area contributed by atoms with E-state index in [4.69, 9.17) is 0 Å². The van der Waals surface area contributed by atoms with Gasteiger partial charge in [-0.1, -0.05) is 135 Å². The lowest BCUT2D eigenvalue weighted by Gasteiger charge is -2.36. The second-order valence-electron chi connectivity index (χ2n) is 14.6. The third-order valence-electron chi connectivity index (χ3n) is 9.68.